The summed E-state index contributed by atoms with van der Waals surface area (Å²) in [6.45, 7) is 0. The Bertz CT molecular complexity index is 500. The average molecular weight is 316 g/mol. The van der Waals surface area contributed by atoms with Crippen LogP contribution in [0.2, 0.25) is 0 Å². The summed E-state index contributed by atoms with van der Waals surface area (Å²) in [5.41, 5.74) is 0.231. The lowest BCUT2D eigenvalue weighted by Crippen LogP contribution is -2.46. The number of hydrogen-bond acceptors (Lipinski definition) is 2. The van der Waals surface area contributed by atoms with Crippen molar-refractivity contribution in [3.8, 4) is 0 Å². The first kappa shape index (κ1) is 13.0. The topological polar surface area (TPSA) is 66.4 Å². The van der Waals surface area contributed by atoms with E-state index < -0.39 is 11.8 Å². The largest absolute Gasteiger partial charge is 0.481 e. The fraction of sp³-hybridized carbons (Fsp3) is 0.333. The third-order valence-corrected chi connectivity index (χ3v) is 3.65. The number of aliphatic carboxylic acids is 1. The van der Waals surface area contributed by atoms with Gasteiger partial charge in [0.25, 0.3) is 5.91 Å². The molecule has 0 heterocycles. The molecule has 0 spiro atoms. The molecule has 4 nitrogen and oxygen atoms in total. The van der Waals surface area contributed by atoms with Gasteiger partial charge in [-0.3, -0.25) is 9.59 Å². The summed E-state index contributed by atoms with van der Waals surface area (Å²) in [7, 11) is 0. The molecule has 1 aliphatic rings. The van der Waals surface area contributed by atoms with E-state index in [4.69, 9.17) is 5.11 Å². The second-order valence-electron chi connectivity index (χ2n) is 4.31. The molecule has 2 rings (SSSR count). The van der Waals surface area contributed by atoms with E-state index in [9.17, 15) is 14.0 Å². The van der Waals surface area contributed by atoms with Crippen LogP contribution in [0.25, 0.3) is 0 Å². The van der Waals surface area contributed by atoms with Gasteiger partial charge in [-0.2, -0.15) is 0 Å². The fourth-order valence-corrected chi connectivity index (χ4v) is 2.09. The summed E-state index contributed by atoms with van der Waals surface area (Å²) in [6.07, 6.45) is 0.861. The molecule has 1 fully saturated rings. The SMILES string of the molecule is O=C(NC1CC(C(=O)O)C1)c1ccc(Br)c(F)c1. The van der Waals surface area contributed by atoms with Crippen LogP contribution in [-0.2, 0) is 4.79 Å². The third-order valence-electron chi connectivity index (χ3n) is 3.00. The molecule has 96 valence electrons. The molecule has 1 aromatic rings. The predicted octanol–water partition coefficient (Wildman–Crippen LogP) is 2.18. The molecule has 0 atom stereocenters. The molecular weight excluding hydrogens is 305 g/mol. The lowest BCUT2D eigenvalue weighted by Gasteiger charge is -2.32. The first-order valence-electron chi connectivity index (χ1n) is 5.46. The Hall–Kier alpha value is -1.43. The van der Waals surface area contributed by atoms with Crippen LogP contribution in [-0.4, -0.2) is 23.0 Å². The van der Waals surface area contributed by atoms with Gasteiger partial charge in [0.1, 0.15) is 5.82 Å². The summed E-state index contributed by atoms with van der Waals surface area (Å²) in [5.74, 6) is -2.10. The van der Waals surface area contributed by atoms with Crippen molar-refractivity contribution in [3.05, 3.63) is 34.1 Å². The van der Waals surface area contributed by atoms with Gasteiger partial charge >= 0.3 is 5.97 Å². The van der Waals surface area contributed by atoms with Crippen LogP contribution in [0.3, 0.4) is 0 Å². The van der Waals surface area contributed by atoms with Gasteiger partial charge in [0.2, 0.25) is 0 Å². The highest BCUT2D eigenvalue weighted by Crippen LogP contribution is 2.27. The van der Waals surface area contributed by atoms with Gasteiger partial charge in [0.05, 0.1) is 10.4 Å². The highest BCUT2D eigenvalue weighted by Gasteiger charge is 2.35. The molecule has 1 amide bonds. The number of carbonyl (C=O) groups is 2. The minimum Gasteiger partial charge on any atom is -0.481 e. The Morgan fingerprint density at radius 3 is 2.61 bits per heavy atom. The quantitative estimate of drug-likeness (QED) is 0.898. The molecule has 1 aromatic carbocycles. The lowest BCUT2D eigenvalue weighted by molar-refractivity contribution is -0.145. The Labute approximate surface area is 111 Å². The van der Waals surface area contributed by atoms with Crippen LogP contribution in [0.15, 0.2) is 22.7 Å². The van der Waals surface area contributed by atoms with E-state index >= 15 is 0 Å². The normalized spacial score (nSPS) is 22.1. The van der Waals surface area contributed by atoms with Crippen molar-refractivity contribution in [1.82, 2.24) is 5.32 Å². The van der Waals surface area contributed by atoms with E-state index in [1.165, 1.54) is 12.1 Å². The van der Waals surface area contributed by atoms with E-state index in [1.807, 2.05) is 0 Å². The summed E-state index contributed by atoms with van der Waals surface area (Å²) < 4.78 is 13.5. The first-order chi connectivity index (χ1) is 8.47. The van der Waals surface area contributed by atoms with Crippen molar-refractivity contribution in [1.29, 1.82) is 0 Å². The zero-order chi connectivity index (χ0) is 13.3. The van der Waals surface area contributed by atoms with E-state index in [1.54, 1.807) is 0 Å². The maximum Gasteiger partial charge on any atom is 0.306 e. The van der Waals surface area contributed by atoms with Crippen molar-refractivity contribution in [2.45, 2.75) is 18.9 Å². The molecule has 0 radical (unpaired) electrons. The second-order valence-corrected chi connectivity index (χ2v) is 5.16. The number of hydrogen-bond donors (Lipinski definition) is 2. The van der Waals surface area contributed by atoms with Gasteiger partial charge in [0, 0.05) is 11.6 Å². The van der Waals surface area contributed by atoms with Gasteiger partial charge in [0.15, 0.2) is 0 Å². The zero-order valence-electron chi connectivity index (χ0n) is 9.32. The minimum atomic E-state index is -0.838. The molecule has 0 saturated heterocycles. The van der Waals surface area contributed by atoms with E-state index in [-0.39, 0.29) is 23.4 Å². The van der Waals surface area contributed by atoms with Crippen LogP contribution in [0, 0.1) is 11.7 Å². The third kappa shape index (κ3) is 2.69. The number of amides is 1. The van der Waals surface area contributed by atoms with Crippen LogP contribution >= 0.6 is 15.9 Å². The number of nitrogens with one attached hydrogen (secondary N) is 1. The van der Waals surface area contributed by atoms with Crippen molar-refractivity contribution < 1.29 is 19.1 Å². The number of benzene rings is 1. The highest BCUT2D eigenvalue weighted by molar-refractivity contribution is 9.10. The van der Waals surface area contributed by atoms with Crippen LogP contribution in [0.4, 0.5) is 4.39 Å². The molecule has 0 aliphatic heterocycles. The molecule has 1 aliphatic carbocycles. The predicted molar refractivity (Wildman–Crippen MR) is 65.7 cm³/mol. The lowest BCUT2D eigenvalue weighted by atomic mass is 9.80. The van der Waals surface area contributed by atoms with Crippen molar-refractivity contribution >= 4 is 27.8 Å². The zero-order valence-corrected chi connectivity index (χ0v) is 10.9. The highest BCUT2D eigenvalue weighted by atomic mass is 79.9. The van der Waals surface area contributed by atoms with Crippen molar-refractivity contribution in [2.75, 3.05) is 0 Å². The summed E-state index contributed by atoms with van der Waals surface area (Å²) in [4.78, 5) is 22.3. The van der Waals surface area contributed by atoms with Crippen LogP contribution in [0.5, 0.6) is 0 Å². The molecule has 18 heavy (non-hydrogen) atoms. The van der Waals surface area contributed by atoms with E-state index in [0.29, 0.717) is 17.3 Å². The van der Waals surface area contributed by atoms with Crippen molar-refractivity contribution in [2.24, 2.45) is 5.92 Å². The number of carbonyl (C=O) groups excluding carboxylic acids is 1. The van der Waals surface area contributed by atoms with Crippen LogP contribution in [0.1, 0.15) is 23.2 Å². The fourth-order valence-electron chi connectivity index (χ4n) is 1.84. The van der Waals surface area contributed by atoms with Gasteiger partial charge in [-0.15, -0.1) is 0 Å². The molecule has 1 saturated carbocycles. The van der Waals surface area contributed by atoms with E-state index in [2.05, 4.69) is 21.2 Å². The monoisotopic (exact) mass is 315 g/mol. The number of rotatable bonds is 3. The molecule has 0 aromatic heterocycles. The first-order valence-corrected chi connectivity index (χ1v) is 6.25. The summed E-state index contributed by atoms with van der Waals surface area (Å²) >= 11 is 3.01. The Balaban J connectivity index is 1.93. The molecular formula is C12H11BrFNO3. The average Bonchev–Trinajstić information content (AvgIpc) is 2.25. The Kier molecular flexibility index (Phi) is 3.65. The Morgan fingerprint density at radius 2 is 2.06 bits per heavy atom. The minimum absolute atomic E-state index is 0.134. The Morgan fingerprint density at radius 1 is 1.39 bits per heavy atom. The standard InChI is InChI=1S/C12H11BrFNO3/c13-9-2-1-6(5-10(9)14)11(16)15-8-3-7(4-8)12(17)18/h1-2,5,7-8H,3-4H2,(H,15,16)(H,17,18). The summed E-state index contributed by atoms with van der Waals surface area (Å²) in [6, 6.07) is 3.98. The molecule has 2 N–H and O–H groups in total. The van der Waals surface area contributed by atoms with E-state index in [0.717, 1.165) is 6.07 Å². The summed E-state index contributed by atoms with van der Waals surface area (Å²) in [5, 5.41) is 11.4. The van der Waals surface area contributed by atoms with Gasteiger partial charge < -0.3 is 10.4 Å². The van der Waals surface area contributed by atoms with Gasteiger partial charge in [-0.1, -0.05) is 0 Å². The van der Waals surface area contributed by atoms with Crippen molar-refractivity contribution in [3.63, 3.8) is 0 Å². The number of carboxylic acid groups (broad SMARTS) is 1. The maximum absolute atomic E-state index is 13.2. The maximum atomic E-state index is 13.2. The molecule has 0 bridgehead atoms. The second kappa shape index (κ2) is 5.06. The smallest absolute Gasteiger partial charge is 0.306 e. The number of carboxylic acids is 1. The molecule has 6 heteroatoms. The molecule has 0 unspecified atom stereocenters. The number of halogens is 2. The van der Waals surface area contributed by atoms with Gasteiger partial charge in [-0.25, -0.2) is 4.39 Å². The van der Waals surface area contributed by atoms with Gasteiger partial charge in [-0.05, 0) is 47.0 Å². The van der Waals surface area contributed by atoms with Crippen LogP contribution < -0.4 is 5.32 Å².